The van der Waals surface area contributed by atoms with Crippen LogP contribution in [0.2, 0.25) is 5.22 Å². The summed E-state index contributed by atoms with van der Waals surface area (Å²) in [7, 11) is 0. The Morgan fingerprint density at radius 3 is 3.06 bits per heavy atom. The lowest BCUT2D eigenvalue weighted by molar-refractivity contribution is 0.174. The summed E-state index contributed by atoms with van der Waals surface area (Å²) < 4.78 is 6.92. The fourth-order valence-corrected chi connectivity index (χ4v) is 1.88. The zero-order chi connectivity index (χ0) is 11.5. The van der Waals surface area contributed by atoms with E-state index in [-0.39, 0.29) is 5.22 Å². The van der Waals surface area contributed by atoms with E-state index in [0.717, 1.165) is 12.4 Å². The van der Waals surface area contributed by atoms with Crippen LogP contribution in [0.25, 0.3) is 0 Å². The third-order valence-corrected chi connectivity index (χ3v) is 2.83. The van der Waals surface area contributed by atoms with E-state index in [0.29, 0.717) is 12.0 Å². The van der Waals surface area contributed by atoms with Gasteiger partial charge in [0.05, 0.1) is 12.4 Å². The van der Waals surface area contributed by atoms with Crippen molar-refractivity contribution in [2.75, 3.05) is 0 Å². The Bertz CT molecular complexity index is 464. The zero-order valence-corrected chi connectivity index (χ0v) is 9.68. The topological polar surface area (TPSA) is 51.2 Å². The standard InChI is InChI=1S/C11H13ClN2O2/c1-2-14-5-4-13-10(14)7-9(15)8-3-6-16-11(8)12/h3-6,9,15H,2,7H2,1H3. The van der Waals surface area contributed by atoms with Crippen LogP contribution in [-0.2, 0) is 13.0 Å². The third kappa shape index (κ3) is 2.13. The summed E-state index contributed by atoms with van der Waals surface area (Å²) in [4.78, 5) is 4.20. The number of aliphatic hydroxyl groups is 1. The predicted octanol–water partition coefficient (Wildman–Crippen LogP) is 2.43. The number of furan rings is 1. The molecule has 0 fully saturated rings. The van der Waals surface area contributed by atoms with Gasteiger partial charge in [-0.1, -0.05) is 0 Å². The van der Waals surface area contributed by atoms with E-state index >= 15 is 0 Å². The molecule has 0 amide bonds. The van der Waals surface area contributed by atoms with Crippen LogP contribution in [0, 0.1) is 0 Å². The number of hydrogen-bond donors (Lipinski definition) is 1. The van der Waals surface area contributed by atoms with Gasteiger partial charge in [0.25, 0.3) is 0 Å². The molecule has 1 N–H and O–H groups in total. The van der Waals surface area contributed by atoms with Gasteiger partial charge in [0.1, 0.15) is 5.82 Å². The SMILES string of the molecule is CCn1ccnc1CC(O)c1ccoc1Cl. The normalized spacial score (nSPS) is 12.9. The second-order valence-electron chi connectivity index (χ2n) is 3.50. The average molecular weight is 241 g/mol. The highest BCUT2D eigenvalue weighted by Crippen LogP contribution is 2.26. The van der Waals surface area contributed by atoms with Gasteiger partial charge in [0.2, 0.25) is 0 Å². The van der Waals surface area contributed by atoms with Gasteiger partial charge in [-0.05, 0) is 24.6 Å². The predicted molar refractivity (Wildman–Crippen MR) is 60.3 cm³/mol. The molecule has 1 unspecified atom stereocenters. The van der Waals surface area contributed by atoms with Crippen molar-refractivity contribution in [2.24, 2.45) is 0 Å². The van der Waals surface area contributed by atoms with Crippen molar-refractivity contribution >= 4 is 11.6 Å². The molecule has 2 aromatic rings. The highest BCUT2D eigenvalue weighted by Gasteiger charge is 2.16. The molecule has 1 atom stereocenters. The molecule has 0 saturated heterocycles. The summed E-state index contributed by atoms with van der Waals surface area (Å²) >= 11 is 5.79. The van der Waals surface area contributed by atoms with Crippen LogP contribution in [0.1, 0.15) is 24.4 Å². The molecular formula is C11H13ClN2O2. The number of imidazole rings is 1. The number of hydrogen-bond acceptors (Lipinski definition) is 3. The molecule has 0 aromatic carbocycles. The van der Waals surface area contributed by atoms with E-state index in [4.69, 9.17) is 16.0 Å². The lowest BCUT2D eigenvalue weighted by Gasteiger charge is -2.09. The van der Waals surface area contributed by atoms with E-state index in [2.05, 4.69) is 4.98 Å². The molecule has 0 radical (unpaired) electrons. The Kier molecular flexibility index (Phi) is 3.31. The van der Waals surface area contributed by atoms with Gasteiger partial charge < -0.3 is 14.1 Å². The maximum absolute atomic E-state index is 9.98. The Hall–Kier alpha value is -1.26. The van der Waals surface area contributed by atoms with E-state index in [1.54, 1.807) is 12.3 Å². The maximum atomic E-state index is 9.98. The highest BCUT2D eigenvalue weighted by atomic mass is 35.5. The summed E-state index contributed by atoms with van der Waals surface area (Å²) in [6, 6.07) is 1.67. The average Bonchev–Trinajstić information content (AvgIpc) is 2.86. The van der Waals surface area contributed by atoms with Gasteiger partial charge in [-0.3, -0.25) is 0 Å². The van der Waals surface area contributed by atoms with E-state index in [1.807, 2.05) is 17.7 Å². The van der Waals surface area contributed by atoms with E-state index in [9.17, 15) is 5.11 Å². The first-order chi connectivity index (χ1) is 7.72. The van der Waals surface area contributed by atoms with E-state index < -0.39 is 6.10 Å². The monoisotopic (exact) mass is 240 g/mol. The minimum atomic E-state index is -0.682. The first-order valence-corrected chi connectivity index (χ1v) is 5.51. The van der Waals surface area contributed by atoms with Crippen molar-refractivity contribution in [1.29, 1.82) is 0 Å². The van der Waals surface area contributed by atoms with Gasteiger partial charge in [-0.15, -0.1) is 0 Å². The second-order valence-corrected chi connectivity index (χ2v) is 3.84. The summed E-state index contributed by atoms with van der Waals surface area (Å²) in [6.07, 6.45) is 4.83. The summed E-state index contributed by atoms with van der Waals surface area (Å²) in [5.74, 6) is 0.840. The second kappa shape index (κ2) is 4.72. The zero-order valence-electron chi connectivity index (χ0n) is 8.93. The third-order valence-electron chi connectivity index (χ3n) is 2.52. The Balaban J connectivity index is 2.13. The number of aryl methyl sites for hydroxylation is 1. The minimum Gasteiger partial charge on any atom is -0.453 e. The molecule has 2 heterocycles. The Morgan fingerprint density at radius 1 is 1.62 bits per heavy atom. The van der Waals surface area contributed by atoms with Crippen LogP contribution in [0.5, 0.6) is 0 Å². The largest absolute Gasteiger partial charge is 0.453 e. The molecule has 0 aliphatic heterocycles. The van der Waals surface area contributed by atoms with Crippen LogP contribution in [-0.4, -0.2) is 14.7 Å². The lowest BCUT2D eigenvalue weighted by atomic mass is 10.1. The molecule has 0 aliphatic carbocycles. The lowest BCUT2D eigenvalue weighted by Crippen LogP contribution is -2.07. The number of halogens is 1. The minimum absolute atomic E-state index is 0.238. The fourth-order valence-electron chi connectivity index (χ4n) is 1.64. The Labute approximate surface area is 98.5 Å². The van der Waals surface area contributed by atoms with Crippen molar-refractivity contribution in [3.05, 3.63) is 41.3 Å². The molecule has 0 saturated carbocycles. The van der Waals surface area contributed by atoms with Crippen LogP contribution >= 0.6 is 11.6 Å². The molecule has 2 rings (SSSR count). The number of aromatic nitrogens is 2. The van der Waals surface area contributed by atoms with Crippen LogP contribution < -0.4 is 0 Å². The van der Waals surface area contributed by atoms with Crippen LogP contribution in [0.15, 0.2) is 29.1 Å². The van der Waals surface area contributed by atoms with Crippen molar-refractivity contribution in [3.63, 3.8) is 0 Å². The molecular weight excluding hydrogens is 228 g/mol. The first kappa shape index (κ1) is 11.2. The van der Waals surface area contributed by atoms with Crippen LogP contribution in [0.3, 0.4) is 0 Å². The molecule has 5 heteroatoms. The van der Waals surface area contributed by atoms with Gasteiger partial charge in [0.15, 0.2) is 5.22 Å². The van der Waals surface area contributed by atoms with Gasteiger partial charge >= 0.3 is 0 Å². The molecule has 0 aliphatic rings. The first-order valence-electron chi connectivity index (χ1n) is 5.13. The molecule has 0 bridgehead atoms. The van der Waals surface area contributed by atoms with Crippen molar-refractivity contribution in [1.82, 2.24) is 9.55 Å². The van der Waals surface area contributed by atoms with Crippen molar-refractivity contribution in [2.45, 2.75) is 26.0 Å². The molecule has 4 nitrogen and oxygen atoms in total. The summed E-state index contributed by atoms with van der Waals surface area (Å²) in [6.45, 7) is 2.86. The highest BCUT2D eigenvalue weighted by molar-refractivity contribution is 6.29. The number of nitrogens with zero attached hydrogens (tertiary/aromatic N) is 2. The maximum Gasteiger partial charge on any atom is 0.198 e. The molecule has 2 aromatic heterocycles. The number of rotatable bonds is 4. The summed E-state index contributed by atoms with van der Waals surface area (Å²) in [5, 5.41) is 10.2. The van der Waals surface area contributed by atoms with Crippen molar-refractivity contribution < 1.29 is 9.52 Å². The van der Waals surface area contributed by atoms with Gasteiger partial charge in [-0.2, -0.15) is 0 Å². The van der Waals surface area contributed by atoms with E-state index in [1.165, 1.54) is 6.26 Å². The number of aliphatic hydroxyl groups excluding tert-OH is 1. The molecule has 86 valence electrons. The van der Waals surface area contributed by atoms with Gasteiger partial charge in [0, 0.05) is 30.9 Å². The van der Waals surface area contributed by atoms with Crippen LogP contribution in [0.4, 0.5) is 0 Å². The summed E-state index contributed by atoms with van der Waals surface area (Å²) in [5.41, 5.74) is 0.604. The quantitative estimate of drug-likeness (QED) is 0.893. The molecule has 0 spiro atoms. The smallest absolute Gasteiger partial charge is 0.198 e. The Morgan fingerprint density at radius 2 is 2.44 bits per heavy atom. The van der Waals surface area contributed by atoms with Gasteiger partial charge in [-0.25, -0.2) is 4.98 Å². The fraction of sp³-hybridized carbons (Fsp3) is 0.364. The van der Waals surface area contributed by atoms with Crippen molar-refractivity contribution in [3.8, 4) is 0 Å². The molecule has 16 heavy (non-hydrogen) atoms.